The Hall–Kier alpha value is -1.91. The standard InChI is InChI=1S/C14H12Cl2N2O2/c15-11-6-9(7-12(16)14(11)17)18-13(19)8-20-10-4-2-1-3-5-10/h1-7H,8,17H2,(H,18,19). The van der Waals surface area contributed by atoms with Gasteiger partial charge in [0, 0.05) is 5.69 Å². The lowest BCUT2D eigenvalue weighted by Gasteiger charge is -2.09. The Bertz CT molecular complexity index is 595. The number of nitrogens with two attached hydrogens (primary N) is 1. The Morgan fingerprint density at radius 1 is 1.15 bits per heavy atom. The first-order valence-corrected chi connectivity index (χ1v) is 6.54. The lowest BCUT2D eigenvalue weighted by molar-refractivity contribution is -0.118. The third kappa shape index (κ3) is 3.79. The van der Waals surface area contributed by atoms with E-state index in [9.17, 15) is 4.79 Å². The number of carbonyl (C=O) groups excluding carboxylic acids is 1. The Balaban J connectivity index is 1.95. The van der Waals surface area contributed by atoms with Gasteiger partial charge in [0.05, 0.1) is 15.7 Å². The zero-order valence-electron chi connectivity index (χ0n) is 10.4. The molecule has 3 N–H and O–H groups in total. The third-order valence-corrected chi connectivity index (χ3v) is 3.10. The third-order valence-electron chi connectivity index (χ3n) is 2.48. The first-order valence-electron chi connectivity index (χ1n) is 5.78. The van der Waals surface area contributed by atoms with Crippen LogP contribution in [0.2, 0.25) is 10.0 Å². The first-order chi connectivity index (χ1) is 9.56. The second-order valence-corrected chi connectivity index (χ2v) is 4.82. The van der Waals surface area contributed by atoms with Crippen LogP contribution in [0.25, 0.3) is 0 Å². The molecule has 0 fully saturated rings. The van der Waals surface area contributed by atoms with Gasteiger partial charge in [-0.25, -0.2) is 0 Å². The molecule has 0 aliphatic carbocycles. The summed E-state index contributed by atoms with van der Waals surface area (Å²) >= 11 is 11.8. The zero-order valence-corrected chi connectivity index (χ0v) is 11.9. The summed E-state index contributed by atoms with van der Waals surface area (Å²) in [5, 5.41) is 3.21. The molecular formula is C14H12Cl2N2O2. The average Bonchev–Trinajstić information content (AvgIpc) is 2.43. The molecule has 0 atom stereocenters. The molecule has 0 aliphatic heterocycles. The molecule has 0 aliphatic rings. The molecule has 6 heteroatoms. The number of nitrogen functional groups attached to an aromatic ring is 1. The Labute approximate surface area is 126 Å². The van der Waals surface area contributed by atoms with E-state index in [1.165, 1.54) is 12.1 Å². The number of ether oxygens (including phenoxy) is 1. The van der Waals surface area contributed by atoms with Gasteiger partial charge in [-0.15, -0.1) is 0 Å². The fraction of sp³-hybridized carbons (Fsp3) is 0.0714. The van der Waals surface area contributed by atoms with E-state index in [2.05, 4.69) is 5.32 Å². The first kappa shape index (κ1) is 14.5. The maximum absolute atomic E-state index is 11.7. The highest BCUT2D eigenvalue weighted by Gasteiger charge is 2.08. The minimum atomic E-state index is -0.314. The molecule has 20 heavy (non-hydrogen) atoms. The van der Waals surface area contributed by atoms with Crippen molar-refractivity contribution in [2.75, 3.05) is 17.7 Å². The van der Waals surface area contributed by atoms with Crippen molar-refractivity contribution < 1.29 is 9.53 Å². The SMILES string of the molecule is Nc1c(Cl)cc(NC(=O)COc2ccccc2)cc1Cl. The van der Waals surface area contributed by atoms with Crippen LogP contribution in [0.1, 0.15) is 0 Å². The van der Waals surface area contributed by atoms with E-state index >= 15 is 0 Å². The highest BCUT2D eigenvalue weighted by molar-refractivity contribution is 6.39. The summed E-state index contributed by atoms with van der Waals surface area (Å²) in [7, 11) is 0. The molecule has 2 aromatic carbocycles. The monoisotopic (exact) mass is 310 g/mol. The molecule has 0 radical (unpaired) electrons. The summed E-state index contributed by atoms with van der Waals surface area (Å²) in [6.07, 6.45) is 0. The number of hydrogen-bond acceptors (Lipinski definition) is 3. The molecule has 0 heterocycles. The molecule has 2 rings (SSSR count). The number of para-hydroxylation sites is 1. The van der Waals surface area contributed by atoms with Crippen LogP contribution in [-0.4, -0.2) is 12.5 Å². The predicted molar refractivity (Wildman–Crippen MR) is 81.4 cm³/mol. The van der Waals surface area contributed by atoms with Gasteiger partial charge in [-0.05, 0) is 24.3 Å². The van der Waals surface area contributed by atoms with Gasteiger partial charge in [-0.1, -0.05) is 41.4 Å². The molecule has 1 amide bonds. The number of carbonyl (C=O) groups is 1. The lowest BCUT2D eigenvalue weighted by Crippen LogP contribution is -2.20. The minimum absolute atomic E-state index is 0.108. The molecule has 0 unspecified atom stereocenters. The van der Waals surface area contributed by atoms with Crippen LogP contribution in [0.4, 0.5) is 11.4 Å². The van der Waals surface area contributed by atoms with Gasteiger partial charge in [-0.3, -0.25) is 4.79 Å². The number of anilines is 2. The van der Waals surface area contributed by atoms with Gasteiger partial charge in [0.1, 0.15) is 5.75 Å². The Kier molecular flexibility index (Phi) is 4.71. The van der Waals surface area contributed by atoms with Gasteiger partial charge < -0.3 is 15.8 Å². The minimum Gasteiger partial charge on any atom is -0.484 e. The van der Waals surface area contributed by atoms with E-state index < -0.39 is 0 Å². The highest BCUT2D eigenvalue weighted by atomic mass is 35.5. The fourth-order valence-electron chi connectivity index (χ4n) is 1.52. The second-order valence-electron chi connectivity index (χ2n) is 4.00. The summed E-state index contributed by atoms with van der Waals surface area (Å²) in [5.74, 6) is 0.307. The predicted octanol–water partition coefficient (Wildman–Crippen LogP) is 3.59. The molecule has 0 aromatic heterocycles. The van der Waals surface area contributed by atoms with Crippen molar-refractivity contribution in [2.45, 2.75) is 0 Å². The van der Waals surface area contributed by atoms with E-state index in [1.54, 1.807) is 12.1 Å². The molecule has 2 aromatic rings. The van der Waals surface area contributed by atoms with E-state index in [4.69, 9.17) is 33.7 Å². The van der Waals surface area contributed by atoms with Crippen LogP contribution in [0.5, 0.6) is 5.75 Å². The summed E-state index contributed by atoms with van der Waals surface area (Å²) in [4.78, 5) is 11.7. The van der Waals surface area contributed by atoms with Crippen LogP contribution < -0.4 is 15.8 Å². The summed E-state index contributed by atoms with van der Waals surface area (Å²) in [6, 6.07) is 12.1. The number of hydrogen-bond donors (Lipinski definition) is 2. The number of benzene rings is 2. The topological polar surface area (TPSA) is 64.3 Å². The van der Waals surface area contributed by atoms with E-state index in [0.29, 0.717) is 11.4 Å². The zero-order chi connectivity index (χ0) is 14.5. The van der Waals surface area contributed by atoms with Crippen molar-refractivity contribution in [3.05, 3.63) is 52.5 Å². The van der Waals surface area contributed by atoms with E-state index in [1.807, 2.05) is 18.2 Å². The van der Waals surface area contributed by atoms with Crippen LogP contribution in [-0.2, 0) is 4.79 Å². The van der Waals surface area contributed by atoms with Gasteiger partial charge in [0.15, 0.2) is 6.61 Å². The largest absolute Gasteiger partial charge is 0.484 e. The smallest absolute Gasteiger partial charge is 0.262 e. The maximum atomic E-state index is 11.7. The molecular weight excluding hydrogens is 299 g/mol. The van der Waals surface area contributed by atoms with Gasteiger partial charge in [0.2, 0.25) is 0 Å². The van der Waals surface area contributed by atoms with Crippen molar-refractivity contribution >= 4 is 40.5 Å². The lowest BCUT2D eigenvalue weighted by atomic mass is 10.3. The number of nitrogens with one attached hydrogen (secondary N) is 1. The van der Waals surface area contributed by atoms with Gasteiger partial charge in [0.25, 0.3) is 5.91 Å². The highest BCUT2D eigenvalue weighted by Crippen LogP contribution is 2.31. The number of amides is 1. The van der Waals surface area contributed by atoms with Crippen LogP contribution >= 0.6 is 23.2 Å². The second kappa shape index (κ2) is 6.50. The van der Waals surface area contributed by atoms with E-state index in [0.717, 1.165) is 0 Å². The van der Waals surface area contributed by atoms with Crippen molar-refractivity contribution in [2.24, 2.45) is 0 Å². The average molecular weight is 311 g/mol. The molecule has 0 saturated carbocycles. The quantitative estimate of drug-likeness (QED) is 0.848. The van der Waals surface area contributed by atoms with E-state index in [-0.39, 0.29) is 28.2 Å². The van der Waals surface area contributed by atoms with Gasteiger partial charge >= 0.3 is 0 Å². The molecule has 0 bridgehead atoms. The van der Waals surface area contributed by atoms with Crippen LogP contribution in [0, 0.1) is 0 Å². The fourth-order valence-corrected chi connectivity index (χ4v) is 2.01. The summed E-state index contributed by atoms with van der Waals surface area (Å²) < 4.78 is 5.32. The van der Waals surface area contributed by atoms with Crippen molar-refractivity contribution in [3.8, 4) is 5.75 Å². The Morgan fingerprint density at radius 2 is 1.75 bits per heavy atom. The van der Waals surface area contributed by atoms with Crippen molar-refractivity contribution in [1.29, 1.82) is 0 Å². The summed E-state index contributed by atoms with van der Waals surface area (Å²) in [5.41, 5.74) is 6.37. The number of rotatable bonds is 4. The normalized spacial score (nSPS) is 10.1. The van der Waals surface area contributed by atoms with Crippen molar-refractivity contribution in [1.82, 2.24) is 0 Å². The maximum Gasteiger partial charge on any atom is 0.262 e. The molecule has 0 saturated heterocycles. The van der Waals surface area contributed by atoms with Crippen molar-refractivity contribution in [3.63, 3.8) is 0 Å². The van der Waals surface area contributed by atoms with Crippen LogP contribution in [0.15, 0.2) is 42.5 Å². The summed E-state index contributed by atoms with van der Waals surface area (Å²) in [6.45, 7) is -0.108. The molecule has 4 nitrogen and oxygen atoms in total. The van der Waals surface area contributed by atoms with Crippen LogP contribution in [0.3, 0.4) is 0 Å². The molecule has 104 valence electrons. The Morgan fingerprint density at radius 3 is 2.35 bits per heavy atom. The number of halogens is 2. The van der Waals surface area contributed by atoms with Gasteiger partial charge in [-0.2, -0.15) is 0 Å². The molecule has 0 spiro atoms.